The van der Waals surface area contributed by atoms with Crippen LogP contribution in [0, 0.1) is 0 Å². The van der Waals surface area contributed by atoms with Crippen molar-refractivity contribution in [2.75, 3.05) is 5.32 Å². The number of carbonyl (C=O) groups excluding carboxylic acids is 2. The maximum atomic E-state index is 12.9. The summed E-state index contributed by atoms with van der Waals surface area (Å²) in [5, 5.41) is 7.21. The van der Waals surface area contributed by atoms with E-state index in [1.165, 1.54) is 11.3 Å². The van der Waals surface area contributed by atoms with E-state index in [4.69, 9.17) is 35.4 Å². The number of hydrogen-bond acceptors (Lipinski definition) is 4. The number of nitrogens with one attached hydrogen (secondary N) is 2. The normalized spacial score (nSPS) is 10.6. The van der Waals surface area contributed by atoms with Gasteiger partial charge in [-0.05, 0) is 36.5 Å². The number of amides is 1. The van der Waals surface area contributed by atoms with Gasteiger partial charge < -0.3 is 5.32 Å². The quantitative estimate of drug-likeness (QED) is 0.254. The van der Waals surface area contributed by atoms with Crippen molar-refractivity contribution >= 4 is 79.3 Å². The van der Waals surface area contributed by atoms with E-state index in [-0.39, 0.29) is 10.9 Å². The molecular weight excluding hydrogens is 471 g/mol. The van der Waals surface area contributed by atoms with Crippen LogP contribution in [0.2, 0.25) is 10.0 Å². The minimum atomic E-state index is -0.423. The number of fused-ring (bicyclic) bond motifs is 1. The number of anilines is 1. The lowest BCUT2D eigenvalue weighted by atomic mass is 10.0. The number of hydrogen-bond donors (Lipinski definition) is 2. The van der Waals surface area contributed by atoms with Gasteiger partial charge in [-0.2, -0.15) is 0 Å². The Labute approximate surface area is 197 Å². The Morgan fingerprint density at radius 2 is 1.61 bits per heavy atom. The summed E-state index contributed by atoms with van der Waals surface area (Å²) in [6.07, 6.45) is 0. The van der Waals surface area contributed by atoms with Gasteiger partial charge in [-0.1, -0.05) is 71.7 Å². The Balaban J connectivity index is 1.55. The second kappa shape index (κ2) is 9.16. The predicted molar refractivity (Wildman–Crippen MR) is 132 cm³/mol. The first-order valence-corrected chi connectivity index (χ1v) is 11.1. The summed E-state index contributed by atoms with van der Waals surface area (Å²) in [5.41, 5.74) is 1.29. The van der Waals surface area contributed by atoms with Crippen molar-refractivity contribution in [3.05, 3.63) is 98.8 Å². The van der Waals surface area contributed by atoms with Crippen LogP contribution in [0.15, 0.2) is 72.8 Å². The molecule has 0 bridgehead atoms. The van der Waals surface area contributed by atoms with E-state index in [2.05, 4.69) is 10.6 Å². The molecule has 1 aromatic heterocycles. The molecular formula is C23H14Cl2N2O2S2. The fourth-order valence-corrected chi connectivity index (χ4v) is 4.82. The summed E-state index contributed by atoms with van der Waals surface area (Å²) in [5.74, 6) is -0.638. The lowest BCUT2D eigenvalue weighted by Crippen LogP contribution is -2.34. The number of benzene rings is 3. The third-order valence-corrected chi connectivity index (χ3v) is 6.59. The van der Waals surface area contributed by atoms with Crippen molar-refractivity contribution in [3.63, 3.8) is 0 Å². The van der Waals surface area contributed by atoms with E-state index in [9.17, 15) is 9.59 Å². The first-order chi connectivity index (χ1) is 14.9. The fourth-order valence-electron chi connectivity index (χ4n) is 3.03. The summed E-state index contributed by atoms with van der Waals surface area (Å²) in [4.78, 5) is 26.0. The van der Waals surface area contributed by atoms with Crippen molar-refractivity contribution in [1.29, 1.82) is 0 Å². The highest BCUT2D eigenvalue weighted by molar-refractivity contribution is 7.80. The summed E-state index contributed by atoms with van der Waals surface area (Å²) >= 11 is 19.1. The van der Waals surface area contributed by atoms with Gasteiger partial charge in [0.05, 0.1) is 10.7 Å². The molecule has 8 heteroatoms. The number of thiocarbonyl (C=S) groups is 1. The highest BCUT2D eigenvalue weighted by Crippen LogP contribution is 2.35. The van der Waals surface area contributed by atoms with Crippen molar-refractivity contribution in [2.24, 2.45) is 0 Å². The van der Waals surface area contributed by atoms with Crippen molar-refractivity contribution < 1.29 is 9.59 Å². The zero-order chi connectivity index (χ0) is 22.0. The molecule has 0 saturated carbocycles. The first kappa shape index (κ1) is 21.5. The largest absolute Gasteiger partial charge is 0.332 e. The molecule has 2 N–H and O–H groups in total. The van der Waals surface area contributed by atoms with Gasteiger partial charge in [0.1, 0.15) is 4.88 Å². The van der Waals surface area contributed by atoms with E-state index in [1.54, 1.807) is 42.5 Å². The molecule has 0 spiro atoms. The molecule has 0 atom stereocenters. The molecule has 1 heterocycles. The SMILES string of the molecule is O=C(c1ccccc1)c1cc(Cl)ccc1NC(=S)NC(=O)c1sc2ccccc2c1Cl. The third-order valence-electron chi connectivity index (χ3n) is 4.48. The molecule has 0 saturated heterocycles. The molecule has 0 fully saturated rings. The average molecular weight is 485 g/mol. The molecule has 4 nitrogen and oxygen atoms in total. The zero-order valence-corrected chi connectivity index (χ0v) is 19.0. The lowest BCUT2D eigenvalue weighted by molar-refractivity contribution is 0.0981. The van der Waals surface area contributed by atoms with Gasteiger partial charge in [-0.3, -0.25) is 14.9 Å². The fraction of sp³-hybridized carbons (Fsp3) is 0. The van der Waals surface area contributed by atoms with Crippen LogP contribution >= 0.6 is 46.8 Å². The van der Waals surface area contributed by atoms with Crippen LogP contribution in [0.5, 0.6) is 0 Å². The van der Waals surface area contributed by atoms with Gasteiger partial charge in [0, 0.05) is 26.2 Å². The van der Waals surface area contributed by atoms with Crippen LogP contribution in [-0.4, -0.2) is 16.8 Å². The number of halogens is 2. The summed E-state index contributed by atoms with van der Waals surface area (Å²) in [6, 6.07) is 21.2. The minimum Gasteiger partial charge on any atom is -0.332 e. The van der Waals surface area contributed by atoms with Gasteiger partial charge >= 0.3 is 0 Å². The first-order valence-electron chi connectivity index (χ1n) is 9.12. The Kier molecular flexibility index (Phi) is 6.34. The highest BCUT2D eigenvalue weighted by Gasteiger charge is 2.19. The van der Waals surface area contributed by atoms with Crippen LogP contribution < -0.4 is 10.6 Å². The topological polar surface area (TPSA) is 58.2 Å². The molecule has 0 unspecified atom stereocenters. The number of rotatable bonds is 4. The third kappa shape index (κ3) is 4.62. The summed E-state index contributed by atoms with van der Waals surface area (Å²) in [6.45, 7) is 0. The number of thiophene rings is 1. The molecule has 0 aliphatic carbocycles. The van der Waals surface area contributed by atoms with Crippen LogP contribution in [0.25, 0.3) is 10.1 Å². The molecule has 3 aromatic carbocycles. The standard InChI is InChI=1S/C23H14Cl2N2O2S2/c24-14-10-11-17(16(12-14)20(28)13-6-2-1-3-7-13)26-23(30)27-22(29)21-19(25)15-8-4-5-9-18(15)31-21/h1-12H,(H2,26,27,29,30). The smallest absolute Gasteiger partial charge is 0.269 e. The van der Waals surface area contributed by atoms with Gasteiger partial charge in [0.15, 0.2) is 10.9 Å². The molecule has 31 heavy (non-hydrogen) atoms. The number of ketones is 1. The second-order valence-corrected chi connectivity index (χ2v) is 8.81. The molecule has 0 aliphatic rings. The van der Waals surface area contributed by atoms with Crippen molar-refractivity contribution in [1.82, 2.24) is 5.32 Å². The van der Waals surface area contributed by atoms with Gasteiger partial charge in [-0.15, -0.1) is 11.3 Å². The van der Waals surface area contributed by atoms with Gasteiger partial charge in [-0.25, -0.2) is 0 Å². The monoisotopic (exact) mass is 484 g/mol. The van der Waals surface area contributed by atoms with Gasteiger partial charge in [0.25, 0.3) is 5.91 Å². The minimum absolute atomic E-state index is 0.0444. The molecule has 4 aromatic rings. The van der Waals surface area contributed by atoms with E-state index < -0.39 is 5.91 Å². The van der Waals surface area contributed by atoms with Crippen molar-refractivity contribution in [2.45, 2.75) is 0 Å². The van der Waals surface area contributed by atoms with Crippen molar-refractivity contribution in [3.8, 4) is 0 Å². The summed E-state index contributed by atoms with van der Waals surface area (Å²) in [7, 11) is 0. The van der Waals surface area contributed by atoms with Crippen LogP contribution in [0.3, 0.4) is 0 Å². The predicted octanol–water partition coefficient (Wildman–Crippen LogP) is 6.57. The second-order valence-electron chi connectivity index (χ2n) is 6.53. The Hall–Kier alpha value is -2.77. The maximum Gasteiger partial charge on any atom is 0.269 e. The Morgan fingerprint density at radius 1 is 0.903 bits per heavy atom. The average Bonchev–Trinajstić information content (AvgIpc) is 3.12. The highest BCUT2D eigenvalue weighted by atomic mass is 35.5. The summed E-state index contributed by atoms with van der Waals surface area (Å²) < 4.78 is 0.907. The van der Waals surface area contributed by atoms with E-state index >= 15 is 0 Å². The number of carbonyl (C=O) groups is 2. The van der Waals surface area contributed by atoms with E-state index in [1.807, 2.05) is 30.3 Å². The maximum absolute atomic E-state index is 12.9. The van der Waals surface area contributed by atoms with Crippen LogP contribution in [0.1, 0.15) is 25.6 Å². The van der Waals surface area contributed by atoms with E-state index in [0.29, 0.717) is 31.7 Å². The molecule has 154 valence electrons. The molecule has 0 radical (unpaired) electrons. The lowest BCUT2D eigenvalue weighted by Gasteiger charge is -2.13. The Morgan fingerprint density at radius 3 is 2.35 bits per heavy atom. The van der Waals surface area contributed by atoms with Crippen LogP contribution in [0.4, 0.5) is 5.69 Å². The molecule has 4 rings (SSSR count). The van der Waals surface area contributed by atoms with Crippen LogP contribution in [-0.2, 0) is 0 Å². The Bertz CT molecular complexity index is 1320. The van der Waals surface area contributed by atoms with E-state index in [0.717, 1.165) is 10.1 Å². The molecule has 0 aliphatic heterocycles. The zero-order valence-electron chi connectivity index (χ0n) is 15.8. The molecule has 1 amide bonds. The van der Waals surface area contributed by atoms with Gasteiger partial charge in [0.2, 0.25) is 0 Å².